The summed E-state index contributed by atoms with van der Waals surface area (Å²) < 4.78 is 1.12. The van der Waals surface area contributed by atoms with E-state index in [1.807, 2.05) is 0 Å². The number of carboxylic acids is 1. The van der Waals surface area contributed by atoms with Gasteiger partial charge in [0, 0.05) is 11.2 Å². The minimum absolute atomic E-state index is 0.306. The number of aromatic nitrogens is 2. The van der Waals surface area contributed by atoms with Crippen molar-refractivity contribution in [3.63, 3.8) is 0 Å². The number of halogens is 1. The van der Waals surface area contributed by atoms with Crippen LogP contribution in [0.15, 0.2) is 35.3 Å². The molecule has 0 saturated heterocycles. The van der Waals surface area contributed by atoms with Crippen molar-refractivity contribution >= 4 is 17.6 Å². The Labute approximate surface area is 94.9 Å². The average Bonchev–Trinajstić information content (AvgIpc) is 2.60. The van der Waals surface area contributed by atoms with E-state index in [1.54, 1.807) is 24.3 Å². The predicted molar refractivity (Wildman–Crippen MR) is 58.4 cm³/mol. The Morgan fingerprint density at radius 1 is 1.44 bits per heavy atom. The topological polar surface area (TPSA) is 75.1 Å². The van der Waals surface area contributed by atoms with Gasteiger partial charge in [-0.25, -0.2) is 9.48 Å². The molecule has 1 aromatic carbocycles. The Kier molecular flexibility index (Phi) is 2.54. The maximum absolute atomic E-state index is 11.6. The molecule has 0 atom stereocenters. The van der Waals surface area contributed by atoms with Crippen molar-refractivity contribution in [1.82, 2.24) is 9.78 Å². The molecule has 0 aliphatic heterocycles. The highest BCUT2D eigenvalue weighted by Crippen LogP contribution is 2.12. The summed E-state index contributed by atoms with van der Waals surface area (Å²) in [5, 5.41) is 11.8. The Morgan fingerprint density at radius 2 is 2.19 bits per heavy atom. The normalized spacial score (nSPS) is 10.3. The minimum atomic E-state index is -1.26. The van der Waals surface area contributed by atoms with Gasteiger partial charge >= 0.3 is 5.97 Å². The molecule has 0 spiro atoms. The van der Waals surface area contributed by atoms with E-state index in [2.05, 4.69) is 5.10 Å². The van der Waals surface area contributed by atoms with Crippen LogP contribution in [0.2, 0.25) is 5.02 Å². The van der Waals surface area contributed by atoms with E-state index in [9.17, 15) is 9.59 Å². The molecule has 0 aliphatic carbocycles. The van der Waals surface area contributed by atoms with Crippen LogP contribution in [0.3, 0.4) is 0 Å². The number of hydrogen-bond donors (Lipinski definition) is 2. The van der Waals surface area contributed by atoms with Crippen LogP contribution >= 0.6 is 11.6 Å². The first kappa shape index (κ1) is 10.5. The fraction of sp³-hybridized carbons (Fsp3) is 0. The van der Waals surface area contributed by atoms with E-state index < -0.39 is 11.5 Å². The molecule has 2 aromatic rings. The maximum Gasteiger partial charge on any atom is 0.342 e. The van der Waals surface area contributed by atoms with Crippen LogP contribution in [0.1, 0.15) is 10.4 Å². The zero-order valence-electron chi connectivity index (χ0n) is 7.98. The Balaban J connectivity index is 2.58. The minimum Gasteiger partial charge on any atom is -0.477 e. The lowest BCUT2D eigenvalue weighted by Gasteiger charge is -2.00. The van der Waals surface area contributed by atoms with Crippen LogP contribution in [0.5, 0.6) is 0 Å². The summed E-state index contributed by atoms with van der Waals surface area (Å²) in [5.41, 5.74) is -0.431. The van der Waals surface area contributed by atoms with Crippen LogP contribution < -0.4 is 5.56 Å². The number of nitrogens with zero attached hydrogens (tertiary/aromatic N) is 1. The van der Waals surface area contributed by atoms with E-state index in [0.717, 1.165) is 10.9 Å². The quantitative estimate of drug-likeness (QED) is 0.833. The van der Waals surface area contributed by atoms with Crippen LogP contribution in [-0.4, -0.2) is 20.9 Å². The first-order valence-corrected chi connectivity index (χ1v) is 4.77. The molecule has 1 heterocycles. The van der Waals surface area contributed by atoms with Crippen LogP contribution in [-0.2, 0) is 0 Å². The predicted octanol–water partition coefficient (Wildman–Crippen LogP) is 1.52. The SMILES string of the molecule is O=C(O)c1c[nH]n(-c2cccc(Cl)c2)c1=O. The molecule has 0 fully saturated rings. The number of aromatic carboxylic acids is 1. The van der Waals surface area contributed by atoms with Gasteiger partial charge < -0.3 is 5.11 Å². The summed E-state index contributed by atoms with van der Waals surface area (Å²) in [6.07, 6.45) is 1.14. The van der Waals surface area contributed by atoms with Crippen molar-refractivity contribution < 1.29 is 9.90 Å². The molecule has 1 aromatic heterocycles. The lowest BCUT2D eigenvalue weighted by molar-refractivity contribution is 0.0695. The number of benzene rings is 1. The smallest absolute Gasteiger partial charge is 0.342 e. The highest BCUT2D eigenvalue weighted by molar-refractivity contribution is 6.30. The van der Waals surface area contributed by atoms with Crippen molar-refractivity contribution in [3.8, 4) is 5.69 Å². The van der Waals surface area contributed by atoms with Gasteiger partial charge in [0.25, 0.3) is 5.56 Å². The largest absolute Gasteiger partial charge is 0.477 e. The molecule has 82 valence electrons. The number of carbonyl (C=O) groups is 1. The lowest BCUT2D eigenvalue weighted by atomic mass is 10.3. The molecule has 16 heavy (non-hydrogen) atoms. The molecule has 5 nitrogen and oxygen atoms in total. The van der Waals surface area contributed by atoms with E-state index in [0.29, 0.717) is 10.7 Å². The summed E-state index contributed by atoms with van der Waals surface area (Å²) in [6.45, 7) is 0. The lowest BCUT2D eigenvalue weighted by Crippen LogP contribution is -2.19. The molecule has 6 heteroatoms. The first-order valence-electron chi connectivity index (χ1n) is 4.39. The highest BCUT2D eigenvalue weighted by Gasteiger charge is 2.13. The van der Waals surface area contributed by atoms with E-state index in [4.69, 9.17) is 16.7 Å². The van der Waals surface area contributed by atoms with Crippen LogP contribution in [0.4, 0.5) is 0 Å². The van der Waals surface area contributed by atoms with Gasteiger partial charge in [0.05, 0.1) is 5.69 Å². The van der Waals surface area contributed by atoms with E-state index in [1.165, 1.54) is 0 Å². The van der Waals surface area contributed by atoms with Crippen molar-refractivity contribution in [1.29, 1.82) is 0 Å². The standard InChI is InChI=1S/C10H7ClN2O3/c11-6-2-1-3-7(4-6)13-9(14)8(5-12-13)10(15)16/h1-5,12H,(H,15,16). The van der Waals surface area contributed by atoms with Gasteiger partial charge in [-0.1, -0.05) is 17.7 Å². The van der Waals surface area contributed by atoms with Gasteiger partial charge in [-0.05, 0) is 18.2 Å². The third kappa shape index (κ3) is 1.72. The van der Waals surface area contributed by atoms with Crippen LogP contribution in [0, 0.1) is 0 Å². The third-order valence-corrected chi connectivity index (χ3v) is 2.30. The molecule has 0 bridgehead atoms. The van der Waals surface area contributed by atoms with Gasteiger partial charge in [0.1, 0.15) is 5.56 Å². The van der Waals surface area contributed by atoms with Crippen LogP contribution in [0.25, 0.3) is 5.69 Å². The Morgan fingerprint density at radius 3 is 2.75 bits per heavy atom. The fourth-order valence-corrected chi connectivity index (χ4v) is 1.51. The van der Waals surface area contributed by atoms with Gasteiger partial charge in [-0.2, -0.15) is 0 Å². The zero-order chi connectivity index (χ0) is 11.7. The third-order valence-electron chi connectivity index (χ3n) is 2.07. The highest BCUT2D eigenvalue weighted by atomic mass is 35.5. The maximum atomic E-state index is 11.6. The number of hydrogen-bond acceptors (Lipinski definition) is 2. The van der Waals surface area contributed by atoms with E-state index in [-0.39, 0.29) is 5.56 Å². The summed E-state index contributed by atoms with van der Waals surface area (Å²) >= 11 is 5.77. The Bertz CT molecular complexity index is 600. The molecule has 0 saturated carbocycles. The second-order valence-electron chi connectivity index (χ2n) is 3.11. The number of rotatable bonds is 2. The Hall–Kier alpha value is -2.01. The number of carboxylic acid groups (broad SMARTS) is 1. The zero-order valence-corrected chi connectivity index (χ0v) is 8.73. The summed E-state index contributed by atoms with van der Waals surface area (Å²) in [7, 11) is 0. The summed E-state index contributed by atoms with van der Waals surface area (Å²) in [5.74, 6) is -1.26. The molecule has 0 aliphatic rings. The van der Waals surface area contributed by atoms with Gasteiger partial charge in [-0.15, -0.1) is 0 Å². The molecule has 2 rings (SSSR count). The van der Waals surface area contributed by atoms with Crippen molar-refractivity contribution in [3.05, 3.63) is 51.4 Å². The van der Waals surface area contributed by atoms with Gasteiger partial charge in [-0.3, -0.25) is 9.89 Å². The van der Waals surface area contributed by atoms with E-state index >= 15 is 0 Å². The number of H-pyrrole nitrogens is 1. The molecule has 0 radical (unpaired) electrons. The van der Waals surface area contributed by atoms with Gasteiger partial charge in [0.2, 0.25) is 0 Å². The summed E-state index contributed by atoms with van der Waals surface area (Å²) in [4.78, 5) is 22.3. The van der Waals surface area contributed by atoms with Crippen molar-refractivity contribution in [2.45, 2.75) is 0 Å². The van der Waals surface area contributed by atoms with Crippen molar-refractivity contribution in [2.75, 3.05) is 0 Å². The second kappa shape index (κ2) is 3.86. The molecule has 0 amide bonds. The molecular weight excluding hydrogens is 232 g/mol. The molecule has 2 N–H and O–H groups in total. The molecule has 0 unspecified atom stereocenters. The first-order chi connectivity index (χ1) is 7.59. The van der Waals surface area contributed by atoms with Gasteiger partial charge in [0.15, 0.2) is 0 Å². The summed E-state index contributed by atoms with van der Waals surface area (Å²) in [6, 6.07) is 6.54. The van der Waals surface area contributed by atoms with Crippen molar-refractivity contribution in [2.24, 2.45) is 0 Å². The monoisotopic (exact) mass is 238 g/mol. The molecular formula is C10H7ClN2O3. The number of aromatic amines is 1. The number of nitrogens with one attached hydrogen (secondary N) is 1. The second-order valence-corrected chi connectivity index (χ2v) is 3.55. The average molecular weight is 239 g/mol. The fourth-order valence-electron chi connectivity index (χ4n) is 1.33.